The maximum atomic E-state index is 13.7. The molecule has 2 unspecified atom stereocenters. The van der Waals surface area contributed by atoms with Crippen LogP contribution in [0.5, 0.6) is 0 Å². The second kappa shape index (κ2) is 6.18. The van der Waals surface area contributed by atoms with E-state index in [-0.39, 0.29) is 11.9 Å². The van der Waals surface area contributed by atoms with E-state index in [0.717, 1.165) is 24.0 Å². The molecule has 0 saturated carbocycles. The van der Waals surface area contributed by atoms with Crippen LogP contribution in [0.4, 0.5) is 4.39 Å². The number of hydrogen-bond acceptors (Lipinski definition) is 2. The Morgan fingerprint density at radius 1 is 1.29 bits per heavy atom. The van der Waals surface area contributed by atoms with Crippen molar-refractivity contribution in [3.05, 3.63) is 35.8 Å². The van der Waals surface area contributed by atoms with Crippen molar-refractivity contribution >= 4 is 11.0 Å². The Bertz CT molecular complexity index is 597. The summed E-state index contributed by atoms with van der Waals surface area (Å²) in [5, 5.41) is 4.13. The highest BCUT2D eigenvalue weighted by molar-refractivity contribution is 5.78. The Balaban J connectivity index is 2.18. The van der Waals surface area contributed by atoms with Gasteiger partial charge >= 0.3 is 0 Å². The Labute approximate surface area is 126 Å². The monoisotopic (exact) mass is 291 g/mol. The predicted molar refractivity (Wildman–Crippen MR) is 85.8 cm³/mol. The molecule has 0 aliphatic heterocycles. The second-order valence-electron chi connectivity index (χ2n) is 7.25. The number of hydrogen-bond donors (Lipinski definition) is 1. The maximum absolute atomic E-state index is 13.7. The SMILES string of the molecule is CNC(CC(C)CC(C)(C)C)c1cc2cccc(F)c2o1. The quantitative estimate of drug-likeness (QED) is 0.809. The van der Waals surface area contributed by atoms with Gasteiger partial charge in [-0.15, -0.1) is 0 Å². The number of benzene rings is 1. The van der Waals surface area contributed by atoms with Crippen molar-refractivity contribution < 1.29 is 8.81 Å². The molecule has 0 aliphatic carbocycles. The van der Waals surface area contributed by atoms with E-state index in [2.05, 4.69) is 33.0 Å². The third-order valence-electron chi connectivity index (χ3n) is 3.81. The van der Waals surface area contributed by atoms with Crippen LogP contribution in [0.3, 0.4) is 0 Å². The molecule has 21 heavy (non-hydrogen) atoms. The standard InChI is InChI=1S/C18H26FNO/c1-12(11-18(2,3)4)9-15(20-5)16-10-13-7-6-8-14(19)17(13)21-16/h6-8,10,12,15,20H,9,11H2,1-5H3. The van der Waals surface area contributed by atoms with Gasteiger partial charge in [0.25, 0.3) is 0 Å². The van der Waals surface area contributed by atoms with Crippen LogP contribution in [-0.2, 0) is 0 Å². The maximum Gasteiger partial charge on any atom is 0.169 e. The average molecular weight is 291 g/mol. The van der Waals surface area contributed by atoms with Gasteiger partial charge in [0.05, 0.1) is 6.04 Å². The fourth-order valence-corrected chi connectivity index (χ4v) is 3.13. The molecule has 0 saturated heterocycles. The molecule has 1 aromatic carbocycles. The van der Waals surface area contributed by atoms with Crippen molar-refractivity contribution in [2.75, 3.05) is 7.05 Å². The molecule has 0 spiro atoms. The largest absolute Gasteiger partial charge is 0.456 e. The van der Waals surface area contributed by atoms with E-state index in [0.29, 0.717) is 16.9 Å². The topological polar surface area (TPSA) is 25.2 Å². The molecule has 1 heterocycles. The minimum Gasteiger partial charge on any atom is -0.456 e. The minimum atomic E-state index is -0.295. The van der Waals surface area contributed by atoms with Crippen LogP contribution in [0, 0.1) is 17.2 Å². The molecule has 0 aliphatic rings. The van der Waals surface area contributed by atoms with E-state index in [9.17, 15) is 4.39 Å². The number of halogens is 1. The lowest BCUT2D eigenvalue weighted by molar-refractivity contribution is 0.269. The zero-order valence-corrected chi connectivity index (χ0v) is 13.7. The lowest BCUT2D eigenvalue weighted by atomic mass is 9.82. The minimum absolute atomic E-state index is 0.120. The summed E-state index contributed by atoms with van der Waals surface area (Å²) in [7, 11) is 1.93. The summed E-state index contributed by atoms with van der Waals surface area (Å²) in [6, 6.07) is 7.11. The summed E-state index contributed by atoms with van der Waals surface area (Å²) in [5.74, 6) is 1.09. The Morgan fingerprint density at radius 2 is 2.00 bits per heavy atom. The first-order valence-corrected chi connectivity index (χ1v) is 7.65. The normalized spacial score (nSPS) is 15.3. The van der Waals surface area contributed by atoms with Crippen LogP contribution < -0.4 is 5.32 Å². The molecule has 2 atom stereocenters. The lowest BCUT2D eigenvalue weighted by Gasteiger charge is -2.25. The van der Waals surface area contributed by atoms with Crippen LogP contribution in [0.1, 0.15) is 52.3 Å². The summed E-state index contributed by atoms with van der Waals surface area (Å²) in [4.78, 5) is 0. The molecular weight excluding hydrogens is 265 g/mol. The zero-order chi connectivity index (χ0) is 15.6. The number of furan rings is 1. The van der Waals surface area contributed by atoms with E-state index >= 15 is 0 Å². The number of para-hydroxylation sites is 1. The van der Waals surface area contributed by atoms with Crippen molar-refractivity contribution in [2.24, 2.45) is 11.3 Å². The van der Waals surface area contributed by atoms with Gasteiger partial charge in [0.2, 0.25) is 0 Å². The van der Waals surface area contributed by atoms with Crippen LogP contribution in [-0.4, -0.2) is 7.05 Å². The summed E-state index contributed by atoms with van der Waals surface area (Å²) >= 11 is 0. The van der Waals surface area contributed by atoms with Gasteiger partial charge in [0.15, 0.2) is 11.4 Å². The predicted octanol–water partition coefficient (Wildman–Crippen LogP) is 5.29. The number of rotatable bonds is 5. The van der Waals surface area contributed by atoms with E-state index in [1.165, 1.54) is 6.07 Å². The molecule has 0 fully saturated rings. The fourth-order valence-electron chi connectivity index (χ4n) is 3.13. The Morgan fingerprint density at radius 3 is 2.57 bits per heavy atom. The van der Waals surface area contributed by atoms with Gasteiger partial charge in [-0.05, 0) is 43.4 Å². The van der Waals surface area contributed by atoms with Gasteiger partial charge in [0.1, 0.15) is 5.76 Å². The average Bonchev–Trinajstić information content (AvgIpc) is 2.79. The molecular formula is C18H26FNO. The van der Waals surface area contributed by atoms with E-state index < -0.39 is 0 Å². The smallest absolute Gasteiger partial charge is 0.169 e. The molecule has 1 aromatic heterocycles. The van der Waals surface area contributed by atoms with Crippen molar-refractivity contribution in [1.29, 1.82) is 0 Å². The van der Waals surface area contributed by atoms with Gasteiger partial charge in [-0.25, -0.2) is 4.39 Å². The third kappa shape index (κ3) is 4.07. The molecule has 0 bridgehead atoms. The van der Waals surface area contributed by atoms with Crippen LogP contribution >= 0.6 is 0 Å². The van der Waals surface area contributed by atoms with Crippen molar-refractivity contribution in [3.63, 3.8) is 0 Å². The first kappa shape index (κ1) is 16.0. The van der Waals surface area contributed by atoms with E-state index in [1.807, 2.05) is 19.2 Å². The summed E-state index contributed by atoms with van der Waals surface area (Å²) in [5.41, 5.74) is 0.675. The van der Waals surface area contributed by atoms with Crippen LogP contribution in [0.2, 0.25) is 0 Å². The van der Waals surface area contributed by atoms with Crippen LogP contribution in [0.25, 0.3) is 11.0 Å². The lowest BCUT2D eigenvalue weighted by Crippen LogP contribution is -2.21. The molecule has 116 valence electrons. The highest BCUT2D eigenvalue weighted by atomic mass is 19.1. The summed E-state index contributed by atoms with van der Waals surface area (Å²) < 4.78 is 19.5. The number of fused-ring (bicyclic) bond motifs is 1. The first-order valence-electron chi connectivity index (χ1n) is 7.65. The molecule has 1 N–H and O–H groups in total. The highest BCUT2D eigenvalue weighted by Gasteiger charge is 2.22. The zero-order valence-electron chi connectivity index (χ0n) is 13.7. The summed E-state index contributed by atoms with van der Waals surface area (Å²) in [6.45, 7) is 9.04. The van der Waals surface area contributed by atoms with Crippen molar-refractivity contribution in [1.82, 2.24) is 5.32 Å². The first-order chi connectivity index (χ1) is 9.80. The van der Waals surface area contributed by atoms with E-state index in [4.69, 9.17) is 4.42 Å². The Hall–Kier alpha value is -1.35. The van der Waals surface area contributed by atoms with Gasteiger partial charge in [-0.1, -0.05) is 39.8 Å². The highest BCUT2D eigenvalue weighted by Crippen LogP contribution is 2.33. The molecule has 0 amide bonds. The molecule has 0 radical (unpaired) electrons. The Kier molecular flexibility index (Phi) is 4.72. The molecule has 3 heteroatoms. The van der Waals surface area contributed by atoms with Crippen LogP contribution in [0.15, 0.2) is 28.7 Å². The van der Waals surface area contributed by atoms with Crippen molar-refractivity contribution in [2.45, 2.75) is 46.6 Å². The second-order valence-corrected chi connectivity index (χ2v) is 7.25. The third-order valence-corrected chi connectivity index (χ3v) is 3.81. The van der Waals surface area contributed by atoms with Gasteiger partial charge in [-0.3, -0.25) is 0 Å². The number of nitrogens with one attached hydrogen (secondary N) is 1. The summed E-state index contributed by atoms with van der Waals surface area (Å²) in [6.07, 6.45) is 2.13. The molecule has 2 nitrogen and oxygen atoms in total. The van der Waals surface area contributed by atoms with E-state index in [1.54, 1.807) is 6.07 Å². The molecule has 2 rings (SSSR count). The van der Waals surface area contributed by atoms with Crippen molar-refractivity contribution in [3.8, 4) is 0 Å². The molecule has 2 aromatic rings. The fraction of sp³-hybridized carbons (Fsp3) is 0.556. The van der Waals surface area contributed by atoms with Gasteiger partial charge < -0.3 is 9.73 Å². The van der Waals surface area contributed by atoms with Gasteiger partial charge in [-0.2, -0.15) is 0 Å². The van der Waals surface area contributed by atoms with Gasteiger partial charge in [0, 0.05) is 5.39 Å².